The number of thioether (sulfide) groups is 1. The van der Waals surface area contributed by atoms with Crippen LogP contribution in [0.1, 0.15) is 19.8 Å². The Bertz CT molecular complexity index is 277. The molecule has 5 heteroatoms. The van der Waals surface area contributed by atoms with Crippen LogP contribution in [0.3, 0.4) is 0 Å². The summed E-state index contributed by atoms with van der Waals surface area (Å²) in [6.07, 6.45) is 1.89. The molecule has 0 aliphatic carbocycles. The van der Waals surface area contributed by atoms with Crippen molar-refractivity contribution in [3.8, 4) is 0 Å². The van der Waals surface area contributed by atoms with Crippen LogP contribution in [0.25, 0.3) is 0 Å². The molecular formula is C10H21NO2S2. The smallest absolute Gasteiger partial charge is 0.150 e. The second-order valence-corrected chi connectivity index (χ2v) is 7.77. The van der Waals surface area contributed by atoms with Crippen LogP contribution in [-0.2, 0) is 9.84 Å². The molecule has 2 N–H and O–H groups in total. The minimum absolute atomic E-state index is 0.317. The molecule has 0 aromatic rings. The van der Waals surface area contributed by atoms with Gasteiger partial charge >= 0.3 is 0 Å². The first kappa shape index (κ1) is 13.3. The van der Waals surface area contributed by atoms with Crippen molar-refractivity contribution in [3.63, 3.8) is 0 Å². The largest absolute Gasteiger partial charge is 0.330 e. The van der Waals surface area contributed by atoms with E-state index in [1.54, 1.807) is 0 Å². The summed E-state index contributed by atoms with van der Waals surface area (Å²) in [6, 6.07) is 0. The minimum Gasteiger partial charge on any atom is -0.330 e. The standard InChI is InChI=1S/C10H21NO2S2/c1-2-14-5-3-9(7-11)10-4-6-15(12,13)8-10/h9-10H,2-8,11H2,1H3. The average Bonchev–Trinajstić information content (AvgIpc) is 2.54. The van der Waals surface area contributed by atoms with E-state index in [9.17, 15) is 8.42 Å². The molecule has 0 amide bonds. The highest BCUT2D eigenvalue weighted by Crippen LogP contribution is 2.28. The van der Waals surface area contributed by atoms with Crippen molar-refractivity contribution in [2.75, 3.05) is 29.6 Å². The van der Waals surface area contributed by atoms with Gasteiger partial charge in [0.2, 0.25) is 0 Å². The van der Waals surface area contributed by atoms with Crippen molar-refractivity contribution in [1.29, 1.82) is 0 Å². The molecule has 1 aliphatic rings. The molecule has 0 aromatic heterocycles. The van der Waals surface area contributed by atoms with E-state index in [0.29, 0.717) is 29.9 Å². The fourth-order valence-corrected chi connectivity index (χ4v) is 4.80. The Morgan fingerprint density at radius 2 is 2.27 bits per heavy atom. The zero-order chi connectivity index (χ0) is 11.3. The molecule has 0 saturated carbocycles. The van der Waals surface area contributed by atoms with Crippen molar-refractivity contribution in [2.24, 2.45) is 17.6 Å². The van der Waals surface area contributed by atoms with Crippen LogP contribution in [0.4, 0.5) is 0 Å². The fourth-order valence-electron chi connectivity index (χ4n) is 2.12. The Morgan fingerprint density at radius 3 is 2.73 bits per heavy atom. The SMILES string of the molecule is CCSCCC(CN)C1CCS(=O)(=O)C1. The molecule has 1 fully saturated rings. The van der Waals surface area contributed by atoms with Crippen LogP contribution in [-0.4, -0.2) is 38.0 Å². The maximum Gasteiger partial charge on any atom is 0.150 e. The highest BCUT2D eigenvalue weighted by atomic mass is 32.2. The fraction of sp³-hybridized carbons (Fsp3) is 1.00. The van der Waals surface area contributed by atoms with Crippen LogP contribution < -0.4 is 5.73 Å². The predicted molar refractivity (Wildman–Crippen MR) is 66.9 cm³/mol. The van der Waals surface area contributed by atoms with Gasteiger partial charge in [-0.05, 0) is 42.7 Å². The number of rotatable bonds is 6. The monoisotopic (exact) mass is 251 g/mol. The first-order valence-electron chi connectivity index (χ1n) is 5.57. The lowest BCUT2D eigenvalue weighted by atomic mass is 9.90. The van der Waals surface area contributed by atoms with E-state index < -0.39 is 9.84 Å². The second-order valence-electron chi connectivity index (χ2n) is 4.14. The molecule has 2 atom stereocenters. The van der Waals surface area contributed by atoms with Gasteiger partial charge in [-0.15, -0.1) is 0 Å². The van der Waals surface area contributed by atoms with E-state index >= 15 is 0 Å². The molecule has 1 saturated heterocycles. The summed E-state index contributed by atoms with van der Waals surface area (Å²) in [5.41, 5.74) is 5.72. The van der Waals surface area contributed by atoms with Crippen LogP contribution in [0.15, 0.2) is 0 Å². The molecule has 3 nitrogen and oxygen atoms in total. The minimum atomic E-state index is -2.74. The van der Waals surface area contributed by atoms with Gasteiger partial charge in [0.1, 0.15) is 0 Å². The maximum absolute atomic E-state index is 11.3. The molecule has 0 aromatic carbocycles. The lowest BCUT2D eigenvalue weighted by Gasteiger charge is -2.20. The highest BCUT2D eigenvalue weighted by molar-refractivity contribution is 7.99. The third-order valence-corrected chi connectivity index (χ3v) is 5.80. The van der Waals surface area contributed by atoms with Gasteiger partial charge in [0.25, 0.3) is 0 Å². The Labute approximate surface area is 97.1 Å². The van der Waals surface area contributed by atoms with E-state index in [1.807, 2.05) is 11.8 Å². The maximum atomic E-state index is 11.3. The Balaban J connectivity index is 2.39. The highest BCUT2D eigenvalue weighted by Gasteiger charge is 2.32. The number of nitrogens with two attached hydrogens (primary N) is 1. The van der Waals surface area contributed by atoms with Gasteiger partial charge in [-0.3, -0.25) is 0 Å². The third kappa shape index (κ3) is 4.33. The average molecular weight is 251 g/mol. The van der Waals surface area contributed by atoms with Gasteiger partial charge in [0, 0.05) is 0 Å². The predicted octanol–water partition coefficient (Wildman–Crippen LogP) is 1.14. The number of hydrogen-bond acceptors (Lipinski definition) is 4. The van der Waals surface area contributed by atoms with Crippen LogP contribution in [0, 0.1) is 11.8 Å². The van der Waals surface area contributed by atoms with Crippen molar-refractivity contribution < 1.29 is 8.42 Å². The zero-order valence-corrected chi connectivity index (χ0v) is 10.9. The molecule has 2 unspecified atom stereocenters. The van der Waals surface area contributed by atoms with Crippen LogP contribution in [0.5, 0.6) is 0 Å². The summed E-state index contributed by atoms with van der Waals surface area (Å²) >= 11 is 1.91. The quantitative estimate of drug-likeness (QED) is 0.719. The van der Waals surface area contributed by atoms with Crippen molar-refractivity contribution in [2.45, 2.75) is 19.8 Å². The second kappa shape index (κ2) is 6.11. The van der Waals surface area contributed by atoms with E-state index in [4.69, 9.17) is 5.73 Å². The van der Waals surface area contributed by atoms with Crippen molar-refractivity contribution in [3.05, 3.63) is 0 Å². The summed E-state index contributed by atoms with van der Waals surface area (Å²) in [5, 5.41) is 0. The van der Waals surface area contributed by atoms with Gasteiger partial charge < -0.3 is 5.73 Å². The lowest BCUT2D eigenvalue weighted by Crippen LogP contribution is -2.25. The van der Waals surface area contributed by atoms with Gasteiger partial charge in [0.05, 0.1) is 11.5 Å². The molecule has 15 heavy (non-hydrogen) atoms. The van der Waals surface area contributed by atoms with Crippen molar-refractivity contribution in [1.82, 2.24) is 0 Å². The normalized spacial score (nSPS) is 26.7. The summed E-state index contributed by atoms with van der Waals surface area (Å²) in [5.74, 6) is 3.69. The molecule has 1 aliphatic heterocycles. The Kier molecular flexibility index (Phi) is 5.43. The van der Waals surface area contributed by atoms with Gasteiger partial charge in [-0.25, -0.2) is 8.42 Å². The van der Waals surface area contributed by atoms with E-state index in [0.717, 1.165) is 24.3 Å². The summed E-state index contributed by atoms with van der Waals surface area (Å²) in [4.78, 5) is 0. The molecule has 0 bridgehead atoms. The summed E-state index contributed by atoms with van der Waals surface area (Å²) in [6.45, 7) is 2.77. The third-order valence-electron chi connectivity index (χ3n) is 3.07. The number of sulfone groups is 1. The Hall–Kier alpha value is 0.260. The van der Waals surface area contributed by atoms with E-state index in [-0.39, 0.29) is 0 Å². The van der Waals surface area contributed by atoms with Crippen molar-refractivity contribution >= 4 is 21.6 Å². The molecule has 1 rings (SSSR count). The van der Waals surface area contributed by atoms with Gasteiger partial charge in [-0.2, -0.15) is 11.8 Å². The van der Waals surface area contributed by atoms with E-state index in [2.05, 4.69) is 6.92 Å². The molecule has 0 spiro atoms. The van der Waals surface area contributed by atoms with Crippen LogP contribution >= 0.6 is 11.8 Å². The molecular weight excluding hydrogens is 230 g/mol. The topological polar surface area (TPSA) is 60.2 Å². The molecule has 90 valence electrons. The van der Waals surface area contributed by atoms with Crippen LogP contribution in [0.2, 0.25) is 0 Å². The molecule has 0 radical (unpaired) electrons. The Morgan fingerprint density at radius 1 is 1.53 bits per heavy atom. The van der Waals surface area contributed by atoms with E-state index in [1.165, 1.54) is 0 Å². The lowest BCUT2D eigenvalue weighted by molar-refractivity contribution is 0.365. The summed E-state index contributed by atoms with van der Waals surface area (Å²) < 4.78 is 22.7. The first-order chi connectivity index (χ1) is 7.09. The molecule has 1 heterocycles. The first-order valence-corrected chi connectivity index (χ1v) is 8.55. The number of hydrogen-bond donors (Lipinski definition) is 1. The summed E-state index contributed by atoms with van der Waals surface area (Å²) in [7, 11) is -2.74. The van der Waals surface area contributed by atoms with Gasteiger partial charge in [0.15, 0.2) is 9.84 Å². The zero-order valence-electron chi connectivity index (χ0n) is 9.31. The van der Waals surface area contributed by atoms with Gasteiger partial charge in [-0.1, -0.05) is 6.92 Å².